The molecule has 0 radical (unpaired) electrons. The van der Waals surface area contributed by atoms with Crippen LogP contribution in [0.3, 0.4) is 0 Å². The highest BCUT2D eigenvalue weighted by molar-refractivity contribution is 6.30. The van der Waals surface area contributed by atoms with Gasteiger partial charge in [-0.05, 0) is 17.7 Å². The number of aryl methyl sites for hydroxylation is 1. The standard InChI is InChI=1S/C16H15ClN7O2/c1-22-6-4-11(5-7-22)10-23-16(18)14(9-19-23)21-20-13-3-2-12(17)8-15(13)24(25)26/h2-9H,10,18H2,1H3/q+1. The molecule has 0 saturated carbocycles. The van der Waals surface area contributed by atoms with E-state index in [0.29, 0.717) is 18.1 Å². The molecule has 3 aromatic rings. The van der Waals surface area contributed by atoms with Crippen molar-refractivity contribution in [1.82, 2.24) is 9.78 Å². The van der Waals surface area contributed by atoms with Crippen molar-refractivity contribution in [1.29, 1.82) is 0 Å². The second-order valence-corrected chi connectivity index (χ2v) is 5.97. The molecule has 0 spiro atoms. The first-order valence-corrected chi connectivity index (χ1v) is 7.93. The summed E-state index contributed by atoms with van der Waals surface area (Å²) >= 11 is 5.78. The van der Waals surface area contributed by atoms with Gasteiger partial charge in [-0.1, -0.05) is 11.6 Å². The van der Waals surface area contributed by atoms with Crippen LogP contribution in [0.4, 0.5) is 22.9 Å². The molecule has 0 amide bonds. The lowest BCUT2D eigenvalue weighted by molar-refractivity contribution is -0.671. The lowest BCUT2D eigenvalue weighted by Gasteiger charge is -2.03. The van der Waals surface area contributed by atoms with Crippen LogP contribution < -0.4 is 10.3 Å². The fourth-order valence-electron chi connectivity index (χ4n) is 2.23. The Morgan fingerprint density at radius 2 is 1.96 bits per heavy atom. The van der Waals surface area contributed by atoms with Crippen molar-refractivity contribution in [2.45, 2.75) is 6.54 Å². The molecule has 2 N–H and O–H groups in total. The second-order valence-electron chi connectivity index (χ2n) is 5.53. The van der Waals surface area contributed by atoms with Crippen molar-refractivity contribution >= 4 is 34.5 Å². The molecule has 0 aliphatic rings. The van der Waals surface area contributed by atoms with Crippen molar-refractivity contribution < 1.29 is 9.49 Å². The van der Waals surface area contributed by atoms with Crippen LogP contribution in [0, 0.1) is 10.1 Å². The van der Waals surface area contributed by atoms with E-state index in [1.165, 1.54) is 24.4 Å². The number of benzene rings is 1. The lowest BCUT2D eigenvalue weighted by atomic mass is 10.3. The van der Waals surface area contributed by atoms with Crippen molar-refractivity contribution in [2.75, 3.05) is 5.73 Å². The Morgan fingerprint density at radius 3 is 2.65 bits per heavy atom. The van der Waals surface area contributed by atoms with E-state index < -0.39 is 4.92 Å². The van der Waals surface area contributed by atoms with Crippen LogP contribution in [0.1, 0.15) is 5.56 Å². The summed E-state index contributed by atoms with van der Waals surface area (Å²) in [5, 5.41) is 23.4. The number of nitrogen functional groups attached to an aromatic ring is 1. The Bertz CT molecular complexity index is 983. The van der Waals surface area contributed by atoms with Crippen LogP contribution in [-0.4, -0.2) is 14.7 Å². The third kappa shape index (κ3) is 3.83. The van der Waals surface area contributed by atoms with Gasteiger partial charge in [0.05, 0.1) is 17.7 Å². The topological polar surface area (TPSA) is 116 Å². The summed E-state index contributed by atoms with van der Waals surface area (Å²) in [6.07, 6.45) is 5.31. The number of halogens is 1. The molecule has 0 aliphatic heterocycles. The average molecular weight is 373 g/mol. The number of aromatic nitrogens is 3. The summed E-state index contributed by atoms with van der Waals surface area (Å²) in [7, 11) is 1.93. The maximum Gasteiger partial charge on any atom is 0.298 e. The zero-order valence-corrected chi connectivity index (χ0v) is 14.5. The summed E-state index contributed by atoms with van der Waals surface area (Å²) in [6.45, 7) is 0.475. The zero-order valence-electron chi connectivity index (χ0n) is 13.8. The molecule has 132 valence electrons. The second kappa shape index (κ2) is 7.28. The Balaban J connectivity index is 1.83. The van der Waals surface area contributed by atoms with Gasteiger partial charge in [-0.15, -0.1) is 10.2 Å². The van der Waals surface area contributed by atoms with Gasteiger partial charge >= 0.3 is 0 Å². The minimum atomic E-state index is -0.567. The molecule has 0 aliphatic carbocycles. The first-order valence-electron chi connectivity index (χ1n) is 7.55. The SMILES string of the molecule is C[n+]1ccc(Cn2ncc(N=Nc3ccc(Cl)cc3[N+](=O)[O-])c2N)cc1. The number of rotatable bonds is 5. The fraction of sp³-hybridized carbons (Fsp3) is 0.125. The summed E-state index contributed by atoms with van der Waals surface area (Å²) in [5.41, 5.74) is 7.26. The van der Waals surface area contributed by atoms with Crippen LogP contribution in [0.2, 0.25) is 5.02 Å². The fourth-order valence-corrected chi connectivity index (χ4v) is 2.40. The minimum absolute atomic E-state index is 0.0853. The van der Waals surface area contributed by atoms with Gasteiger partial charge in [-0.2, -0.15) is 5.10 Å². The molecule has 3 rings (SSSR count). The van der Waals surface area contributed by atoms with Crippen molar-refractivity contribution in [3.05, 3.63) is 69.6 Å². The maximum atomic E-state index is 11.1. The Labute approximate surface area is 153 Å². The predicted octanol–water partition coefficient (Wildman–Crippen LogP) is 3.32. The van der Waals surface area contributed by atoms with Crippen LogP contribution in [0.25, 0.3) is 0 Å². The zero-order chi connectivity index (χ0) is 18.7. The molecule has 2 heterocycles. The van der Waals surface area contributed by atoms with Gasteiger partial charge in [0.2, 0.25) is 0 Å². The van der Waals surface area contributed by atoms with Gasteiger partial charge in [0.15, 0.2) is 18.1 Å². The van der Waals surface area contributed by atoms with E-state index in [9.17, 15) is 10.1 Å². The van der Waals surface area contributed by atoms with Crippen molar-refractivity contribution in [3.8, 4) is 0 Å². The molecule has 2 aromatic heterocycles. The normalized spacial score (nSPS) is 11.2. The highest BCUT2D eigenvalue weighted by Crippen LogP contribution is 2.32. The van der Waals surface area contributed by atoms with Crippen LogP contribution in [-0.2, 0) is 13.6 Å². The number of nitrogens with zero attached hydrogens (tertiary/aromatic N) is 6. The molecular weight excluding hydrogens is 358 g/mol. The average Bonchev–Trinajstić information content (AvgIpc) is 2.96. The van der Waals surface area contributed by atoms with E-state index in [1.54, 1.807) is 4.68 Å². The highest BCUT2D eigenvalue weighted by Gasteiger charge is 2.15. The van der Waals surface area contributed by atoms with E-state index in [-0.39, 0.29) is 16.4 Å². The Hall–Kier alpha value is -3.33. The van der Waals surface area contributed by atoms with Gasteiger partial charge in [-0.25, -0.2) is 9.25 Å². The summed E-state index contributed by atoms with van der Waals surface area (Å²) in [4.78, 5) is 10.5. The number of pyridine rings is 1. The first kappa shape index (κ1) is 17.5. The number of nitro groups is 1. The Morgan fingerprint density at radius 1 is 1.27 bits per heavy atom. The predicted molar refractivity (Wildman–Crippen MR) is 95.6 cm³/mol. The first-order chi connectivity index (χ1) is 12.4. The molecule has 10 heteroatoms. The number of anilines is 1. The molecule has 0 fully saturated rings. The summed E-state index contributed by atoms with van der Waals surface area (Å²) < 4.78 is 3.51. The number of nitro benzene ring substituents is 1. The van der Waals surface area contributed by atoms with E-state index in [2.05, 4.69) is 15.3 Å². The van der Waals surface area contributed by atoms with E-state index in [4.69, 9.17) is 17.3 Å². The van der Waals surface area contributed by atoms with Gasteiger partial charge in [0.1, 0.15) is 18.6 Å². The van der Waals surface area contributed by atoms with Crippen LogP contribution in [0.5, 0.6) is 0 Å². The van der Waals surface area contributed by atoms with Gasteiger partial charge in [0, 0.05) is 23.2 Å². The largest absolute Gasteiger partial charge is 0.382 e. The smallest absolute Gasteiger partial charge is 0.298 e. The molecule has 0 atom stereocenters. The quantitative estimate of drug-likeness (QED) is 0.320. The van der Waals surface area contributed by atoms with Gasteiger partial charge in [-0.3, -0.25) is 10.1 Å². The number of azo groups is 1. The Kier molecular flexibility index (Phi) is 4.90. The van der Waals surface area contributed by atoms with Crippen LogP contribution in [0.15, 0.2) is 59.2 Å². The molecule has 1 aromatic carbocycles. The number of hydrogen-bond acceptors (Lipinski definition) is 6. The molecule has 0 saturated heterocycles. The monoisotopic (exact) mass is 372 g/mol. The highest BCUT2D eigenvalue weighted by atomic mass is 35.5. The van der Waals surface area contributed by atoms with E-state index in [0.717, 1.165) is 5.56 Å². The molecule has 26 heavy (non-hydrogen) atoms. The third-order valence-corrected chi connectivity index (χ3v) is 3.87. The lowest BCUT2D eigenvalue weighted by Crippen LogP contribution is -2.26. The minimum Gasteiger partial charge on any atom is -0.382 e. The summed E-state index contributed by atoms with van der Waals surface area (Å²) in [5.74, 6) is 0.318. The van der Waals surface area contributed by atoms with Crippen molar-refractivity contribution in [2.24, 2.45) is 17.3 Å². The van der Waals surface area contributed by atoms with E-state index in [1.807, 2.05) is 36.1 Å². The molecule has 0 bridgehead atoms. The maximum absolute atomic E-state index is 11.1. The molecule has 9 nitrogen and oxygen atoms in total. The molecular formula is C16H15ClN7O2+. The molecule has 0 unspecified atom stereocenters. The van der Waals surface area contributed by atoms with Gasteiger partial charge < -0.3 is 5.73 Å². The van der Waals surface area contributed by atoms with Crippen molar-refractivity contribution in [3.63, 3.8) is 0 Å². The third-order valence-electron chi connectivity index (χ3n) is 3.64. The summed E-state index contributed by atoms with van der Waals surface area (Å²) in [6, 6.07) is 8.07. The number of hydrogen-bond donors (Lipinski definition) is 1. The number of nitrogens with two attached hydrogens (primary N) is 1. The van der Waals surface area contributed by atoms with Gasteiger partial charge in [0.25, 0.3) is 5.69 Å². The van der Waals surface area contributed by atoms with Crippen LogP contribution >= 0.6 is 11.6 Å². The van der Waals surface area contributed by atoms with E-state index >= 15 is 0 Å².